The maximum absolute atomic E-state index is 9.46. The van der Waals surface area contributed by atoms with E-state index in [1.807, 2.05) is 7.05 Å². The average Bonchev–Trinajstić information content (AvgIpc) is 2.01. The SMILES string of the molecule is CC(C)CCN(C)CC(O)CCN. The third kappa shape index (κ3) is 8.22. The van der Waals surface area contributed by atoms with E-state index < -0.39 is 0 Å². The Labute approximate surface area is 81.9 Å². The fourth-order valence-electron chi connectivity index (χ4n) is 1.21. The van der Waals surface area contributed by atoms with Gasteiger partial charge in [-0.1, -0.05) is 13.8 Å². The average molecular weight is 188 g/mol. The van der Waals surface area contributed by atoms with Gasteiger partial charge in [0.1, 0.15) is 0 Å². The van der Waals surface area contributed by atoms with Gasteiger partial charge in [-0.15, -0.1) is 0 Å². The first kappa shape index (κ1) is 12.9. The van der Waals surface area contributed by atoms with Crippen LogP contribution < -0.4 is 5.73 Å². The van der Waals surface area contributed by atoms with Crippen molar-refractivity contribution in [3.8, 4) is 0 Å². The molecule has 0 aliphatic heterocycles. The number of rotatable bonds is 7. The van der Waals surface area contributed by atoms with Crippen molar-refractivity contribution in [3.63, 3.8) is 0 Å². The highest BCUT2D eigenvalue weighted by Gasteiger charge is 2.07. The third-order valence-electron chi connectivity index (χ3n) is 2.11. The van der Waals surface area contributed by atoms with Crippen molar-refractivity contribution in [1.29, 1.82) is 0 Å². The minimum absolute atomic E-state index is 0.262. The first-order chi connectivity index (χ1) is 6.06. The summed E-state index contributed by atoms with van der Waals surface area (Å²) in [4.78, 5) is 2.17. The lowest BCUT2D eigenvalue weighted by Gasteiger charge is -2.20. The second kappa shape index (κ2) is 7.30. The molecule has 3 heteroatoms. The first-order valence-corrected chi connectivity index (χ1v) is 5.13. The fraction of sp³-hybridized carbons (Fsp3) is 1.00. The van der Waals surface area contributed by atoms with Crippen LogP contribution in [0.5, 0.6) is 0 Å². The molecule has 0 bridgehead atoms. The molecule has 0 aliphatic carbocycles. The summed E-state index contributed by atoms with van der Waals surface area (Å²) in [5.41, 5.74) is 5.35. The summed E-state index contributed by atoms with van der Waals surface area (Å²) in [5.74, 6) is 0.731. The largest absolute Gasteiger partial charge is 0.392 e. The van der Waals surface area contributed by atoms with Gasteiger partial charge in [-0.3, -0.25) is 0 Å². The normalized spacial score (nSPS) is 14.1. The topological polar surface area (TPSA) is 49.5 Å². The van der Waals surface area contributed by atoms with Gasteiger partial charge in [0.05, 0.1) is 6.10 Å². The molecule has 3 N–H and O–H groups in total. The van der Waals surface area contributed by atoms with Crippen LogP contribution in [0.25, 0.3) is 0 Å². The summed E-state index contributed by atoms with van der Waals surface area (Å²) in [6.07, 6.45) is 1.62. The van der Waals surface area contributed by atoms with E-state index in [9.17, 15) is 5.11 Å². The van der Waals surface area contributed by atoms with Gasteiger partial charge in [0.25, 0.3) is 0 Å². The predicted octanol–water partition coefficient (Wildman–Crippen LogP) is 0.674. The molecular weight excluding hydrogens is 164 g/mol. The number of hydrogen-bond acceptors (Lipinski definition) is 3. The summed E-state index contributed by atoms with van der Waals surface area (Å²) < 4.78 is 0. The van der Waals surface area contributed by atoms with Crippen LogP contribution >= 0.6 is 0 Å². The van der Waals surface area contributed by atoms with E-state index in [1.165, 1.54) is 6.42 Å². The molecule has 3 nitrogen and oxygen atoms in total. The van der Waals surface area contributed by atoms with Crippen LogP contribution in [0.2, 0.25) is 0 Å². The second-order valence-electron chi connectivity index (χ2n) is 4.18. The highest BCUT2D eigenvalue weighted by Crippen LogP contribution is 2.01. The number of likely N-dealkylation sites (N-methyl/N-ethyl adjacent to an activating group) is 1. The molecule has 0 aliphatic rings. The number of aliphatic hydroxyl groups excluding tert-OH is 1. The molecule has 0 rings (SSSR count). The minimum Gasteiger partial charge on any atom is -0.392 e. The Hall–Kier alpha value is -0.120. The zero-order chi connectivity index (χ0) is 10.3. The molecule has 0 fully saturated rings. The van der Waals surface area contributed by atoms with Crippen LogP contribution in [0, 0.1) is 5.92 Å². The van der Waals surface area contributed by atoms with Gasteiger partial charge in [0.15, 0.2) is 0 Å². The Morgan fingerprint density at radius 3 is 2.38 bits per heavy atom. The van der Waals surface area contributed by atoms with E-state index in [2.05, 4.69) is 18.7 Å². The number of nitrogens with two attached hydrogens (primary N) is 1. The van der Waals surface area contributed by atoms with Crippen LogP contribution in [0.3, 0.4) is 0 Å². The maximum atomic E-state index is 9.46. The van der Waals surface area contributed by atoms with Crippen molar-refractivity contribution < 1.29 is 5.11 Å². The lowest BCUT2D eigenvalue weighted by molar-refractivity contribution is 0.118. The lowest BCUT2D eigenvalue weighted by atomic mass is 10.1. The molecule has 1 unspecified atom stereocenters. The standard InChI is InChI=1S/C10H24N2O/c1-9(2)5-7-12(3)8-10(13)4-6-11/h9-10,13H,4-8,11H2,1-3H3. The van der Waals surface area contributed by atoms with Crippen LogP contribution in [-0.2, 0) is 0 Å². The number of aliphatic hydroxyl groups is 1. The van der Waals surface area contributed by atoms with Crippen LogP contribution in [-0.4, -0.2) is 42.8 Å². The Kier molecular flexibility index (Phi) is 7.23. The zero-order valence-electron chi connectivity index (χ0n) is 9.16. The highest BCUT2D eigenvalue weighted by atomic mass is 16.3. The molecule has 0 spiro atoms. The number of nitrogens with zero attached hydrogens (tertiary/aromatic N) is 1. The summed E-state index contributed by atoms with van der Waals surface area (Å²) in [5, 5.41) is 9.46. The molecule has 0 amide bonds. The van der Waals surface area contributed by atoms with E-state index in [0.29, 0.717) is 13.0 Å². The molecule has 0 aromatic rings. The quantitative estimate of drug-likeness (QED) is 0.617. The molecule has 0 aromatic carbocycles. The summed E-state index contributed by atoms with van der Waals surface area (Å²) >= 11 is 0. The van der Waals surface area contributed by atoms with E-state index in [0.717, 1.165) is 19.0 Å². The van der Waals surface area contributed by atoms with Gasteiger partial charge in [0.2, 0.25) is 0 Å². The molecule has 13 heavy (non-hydrogen) atoms. The molecule has 0 aromatic heterocycles. The van der Waals surface area contributed by atoms with E-state index in [4.69, 9.17) is 5.73 Å². The van der Waals surface area contributed by atoms with Crippen molar-refractivity contribution in [3.05, 3.63) is 0 Å². The molecular formula is C10H24N2O. The fourth-order valence-corrected chi connectivity index (χ4v) is 1.21. The van der Waals surface area contributed by atoms with Crippen molar-refractivity contribution in [2.24, 2.45) is 11.7 Å². The van der Waals surface area contributed by atoms with E-state index in [-0.39, 0.29) is 6.10 Å². The molecule has 0 radical (unpaired) electrons. The number of hydrogen-bond donors (Lipinski definition) is 2. The maximum Gasteiger partial charge on any atom is 0.0679 e. The highest BCUT2D eigenvalue weighted by molar-refractivity contribution is 4.62. The van der Waals surface area contributed by atoms with E-state index in [1.54, 1.807) is 0 Å². The van der Waals surface area contributed by atoms with Gasteiger partial charge in [0, 0.05) is 6.54 Å². The van der Waals surface area contributed by atoms with Crippen LogP contribution in [0.4, 0.5) is 0 Å². The zero-order valence-corrected chi connectivity index (χ0v) is 9.16. The molecule has 0 saturated heterocycles. The van der Waals surface area contributed by atoms with Crippen LogP contribution in [0.1, 0.15) is 26.7 Å². The lowest BCUT2D eigenvalue weighted by Crippen LogP contribution is -2.31. The monoisotopic (exact) mass is 188 g/mol. The Bertz CT molecular complexity index is 117. The first-order valence-electron chi connectivity index (χ1n) is 5.13. The predicted molar refractivity (Wildman–Crippen MR) is 56.6 cm³/mol. The summed E-state index contributed by atoms with van der Waals surface area (Å²) in [6, 6.07) is 0. The van der Waals surface area contributed by atoms with Gasteiger partial charge < -0.3 is 15.7 Å². The molecule has 0 saturated carbocycles. The van der Waals surface area contributed by atoms with Gasteiger partial charge in [-0.05, 0) is 38.9 Å². The molecule has 80 valence electrons. The van der Waals surface area contributed by atoms with Gasteiger partial charge in [-0.25, -0.2) is 0 Å². The minimum atomic E-state index is -0.262. The van der Waals surface area contributed by atoms with Crippen molar-refractivity contribution in [2.75, 3.05) is 26.7 Å². The van der Waals surface area contributed by atoms with Crippen LogP contribution in [0.15, 0.2) is 0 Å². The smallest absolute Gasteiger partial charge is 0.0679 e. The summed E-state index contributed by atoms with van der Waals surface area (Å²) in [6.45, 7) is 6.79. The van der Waals surface area contributed by atoms with Crippen molar-refractivity contribution in [2.45, 2.75) is 32.8 Å². The molecule has 0 heterocycles. The molecule has 1 atom stereocenters. The van der Waals surface area contributed by atoms with Crippen molar-refractivity contribution in [1.82, 2.24) is 4.90 Å². The van der Waals surface area contributed by atoms with Gasteiger partial charge in [-0.2, -0.15) is 0 Å². The van der Waals surface area contributed by atoms with Gasteiger partial charge >= 0.3 is 0 Å². The Balaban J connectivity index is 3.43. The van der Waals surface area contributed by atoms with Crippen molar-refractivity contribution >= 4 is 0 Å². The van der Waals surface area contributed by atoms with E-state index >= 15 is 0 Å². The second-order valence-corrected chi connectivity index (χ2v) is 4.18. The summed E-state index contributed by atoms with van der Waals surface area (Å²) in [7, 11) is 2.04. The Morgan fingerprint density at radius 2 is 1.92 bits per heavy atom. The third-order valence-corrected chi connectivity index (χ3v) is 2.11. The Morgan fingerprint density at radius 1 is 1.31 bits per heavy atom.